The van der Waals surface area contributed by atoms with Gasteiger partial charge in [0.2, 0.25) is 5.91 Å². The summed E-state index contributed by atoms with van der Waals surface area (Å²) in [5, 5.41) is 8.14. The lowest BCUT2D eigenvalue weighted by atomic mass is 10.2. The average Bonchev–Trinajstić information content (AvgIpc) is 2.92. The SMILES string of the molecule is C[C@H](Sc1ncn[nH]1)C(=O)Nc1ccc(F)c(F)c1F. The van der Waals surface area contributed by atoms with E-state index in [1.165, 1.54) is 6.33 Å². The summed E-state index contributed by atoms with van der Waals surface area (Å²) in [6.07, 6.45) is 1.28. The Hall–Kier alpha value is -2.03. The van der Waals surface area contributed by atoms with Crippen molar-refractivity contribution in [2.24, 2.45) is 0 Å². The van der Waals surface area contributed by atoms with Crippen molar-refractivity contribution in [2.75, 3.05) is 5.32 Å². The maximum Gasteiger partial charge on any atom is 0.237 e. The van der Waals surface area contributed by atoms with Gasteiger partial charge in [0.05, 0.1) is 10.9 Å². The zero-order chi connectivity index (χ0) is 14.7. The number of carbonyl (C=O) groups is 1. The molecule has 2 aromatic rings. The number of aromatic nitrogens is 3. The number of aromatic amines is 1. The number of rotatable bonds is 4. The highest BCUT2D eigenvalue weighted by atomic mass is 32.2. The predicted molar refractivity (Wildman–Crippen MR) is 66.6 cm³/mol. The molecule has 5 nitrogen and oxygen atoms in total. The smallest absolute Gasteiger partial charge is 0.237 e. The molecule has 0 spiro atoms. The van der Waals surface area contributed by atoms with Crippen LogP contribution in [0.15, 0.2) is 23.6 Å². The molecule has 0 aliphatic carbocycles. The van der Waals surface area contributed by atoms with Crippen LogP contribution in [0.1, 0.15) is 6.92 Å². The van der Waals surface area contributed by atoms with E-state index in [0.717, 1.165) is 23.9 Å². The minimum atomic E-state index is -1.63. The van der Waals surface area contributed by atoms with Gasteiger partial charge in [-0.25, -0.2) is 18.2 Å². The summed E-state index contributed by atoms with van der Waals surface area (Å²) in [5.74, 6) is -4.95. The molecule has 1 aromatic heterocycles. The van der Waals surface area contributed by atoms with Gasteiger partial charge in [0, 0.05) is 0 Å². The molecule has 0 saturated heterocycles. The molecule has 0 unspecified atom stereocenters. The van der Waals surface area contributed by atoms with E-state index in [1.807, 2.05) is 0 Å². The molecular weight excluding hydrogens is 293 g/mol. The van der Waals surface area contributed by atoms with Crippen LogP contribution in [0.25, 0.3) is 0 Å². The molecule has 1 atom stereocenters. The van der Waals surface area contributed by atoms with Crippen LogP contribution < -0.4 is 5.32 Å². The Bertz CT molecular complexity index is 620. The number of carbonyl (C=O) groups excluding carboxylic acids is 1. The molecule has 0 aliphatic rings. The fourth-order valence-corrected chi connectivity index (χ4v) is 2.04. The number of benzene rings is 1. The van der Waals surface area contributed by atoms with Crippen LogP contribution in [0.2, 0.25) is 0 Å². The molecule has 1 amide bonds. The highest BCUT2D eigenvalue weighted by molar-refractivity contribution is 8.00. The fourth-order valence-electron chi connectivity index (χ4n) is 1.33. The first-order valence-electron chi connectivity index (χ1n) is 5.45. The van der Waals surface area contributed by atoms with Crippen LogP contribution in [0.3, 0.4) is 0 Å². The summed E-state index contributed by atoms with van der Waals surface area (Å²) in [4.78, 5) is 15.6. The van der Waals surface area contributed by atoms with E-state index < -0.39 is 34.3 Å². The molecule has 20 heavy (non-hydrogen) atoms. The Labute approximate surface area is 116 Å². The molecule has 0 bridgehead atoms. The van der Waals surface area contributed by atoms with E-state index in [0.29, 0.717) is 5.16 Å². The van der Waals surface area contributed by atoms with Crippen molar-refractivity contribution < 1.29 is 18.0 Å². The lowest BCUT2D eigenvalue weighted by Crippen LogP contribution is -2.23. The number of anilines is 1. The maximum atomic E-state index is 13.4. The van der Waals surface area contributed by atoms with E-state index >= 15 is 0 Å². The zero-order valence-electron chi connectivity index (χ0n) is 10.2. The molecule has 106 valence electrons. The van der Waals surface area contributed by atoms with Gasteiger partial charge in [-0.1, -0.05) is 11.8 Å². The number of hydrogen-bond acceptors (Lipinski definition) is 4. The summed E-state index contributed by atoms with van der Waals surface area (Å²) in [6, 6.07) is 1.69. The van der Waals surface area contributed by atoms with Crippen LogP contribution in [0.4, 0.5) is 18.9 Å². The maximum absolute atomic E-state index is 13.4. The second kappa shape index (κ2) is 5.95. The Morgan fingerprint density at radius 2 is 2.10 bits per heavy atom. The molecule has 0 fully saturated rings. The van der Waals surface area contributed by atoms with E-state index in [4.69, 9.17) is 0 Å². The molecular formula is C11H9F3N4OS. The van der Waals surface area contributed by atoms with E-state index in [1.54, 1.807) is 6.92 Å². The summed E-state index contributed by atoms with van der Waals surface area (Å²) < 4.78 is 39.2. The van der Waals surface area contributed by atoms with Crippen molar-refractivity contribution in [3.63, 3.8) is 0 Å². The Morgan fingerprint density at radius 1 is 1.35 bits per heavy atom. The second-order valence-corrected chi connectivity index (χ2v) is 5.09. The number of halogens is 3. The average molecular weight is 302 g/mol. The van der Waals surface area contributed by atoms with Crippen molar-refractivity contribution >= 4 is 23.4 Å². The van der Waals surface area contributed by atoms with Crippen molar-refractivity contribution in [3.05, 3.63) is 35.9 Å². The molecule has 0 radical (unpaired) electrons. The number of H-pyrrole nitrogens is 1. The number of hydrogen-bond donors (Lipinski definition) is 2. The third-order valence-electron chi connectivity index (χ3n) is 2.34. The first-order valence-corrected chi connectivity index (χ1v) is 6.33. The number of thioether (sulfide) groups is 1. The van der Waals surface area contributed by atoms with Gasteiger partial charge in [0.25, 0.3) is 0 Å². The highest BCUT2D eigenvalue weighted by Crippen LogP contribution is 2.23. The van der Waals surface area contributed by atoms with Gasteiger partial charge in [0.15, 0.2) is 22.6 Å². The normalized spacial score (nSPS) is 12.2. The predicted octanol–water partition coefficient (Wildman–Crippen LogP) is 2.34. The number of amides is 1. The molecule has 9 heteroatoms. The van der Waals surface area contributed by atoms with Gasteiger partial charge >= 0.3 is 0 Å². The van der Waals surface area contributed by atoms with Crippen molar-refractivity contribution in [1.29, 1.82) is 0 Å². The van der Waals surface area contributed by atoms with Crippen LogP contribution in [-0.4, -0.2) is 26.3 Å². The minimum Gasteiger partial charge on any atom is -0.323 e. The van der Waals surface area contributed by atoms with Crippen LogP contribution in [-0.2, 0) is 4.79 Å². The summed E-state index contributed by atoms with van der Waals surface area (Å²) in [7, 11) is 0. The van der Waals surface area contributed by atoms with Gasteiger partial charge in [-0.2, -0.15) is 5.10 Å². The van der Waals surface area contributed by atoms with Gasteiger partial charge in [-0.15, -0.1) is 0 Å². The molecule has 1 aromatic carbocycles. The van der Waals surface area contributed by atoms with Crippen molar-refractivity contribution in [1.82, 2.24) is 15.2 Å². The van der Waals surface area contributed by atoms with E-state index in [9.17, 15) is 18.0 Å². The first kappa shape index (κ1) is 14.4. The summed E-state index contributed by atoms with van der Waals surface area (Å²) >= 11 is 1.06. The van der Waals surface area contributed by atoms with Crippen LogP contribution in [0, 0.1) is 17.5 Å². The largest absolute Gasteiger partial charge is 0.323 e. The zero-order valence-corrected chi connectivity index (χ0v) is 11.0. The third kappa shape index (κ3) is 3.10. The summed E-state index contributed by atoms with van der Waals surface area (Å²) in [5.41, 5.74) is -0.418. The quantitative estimate of drug-likeness (QED) is 0.672. The van der Waals surface area contributed by atoms with Crippen molar-refractivity contribution in [2.45, 2.75) is 17.3 Å². The standard InChI is InChI=1S/C11H9F3N4OS/c1-5(20-11-15-4-16-18-11)10(19)17-7-3-2-6(12)8(13)9(7)14/h2-5H,1H3,(H,17,19)(H,15,16,18)/t5-/m0/s1. The molecule has 2 N–H and O–H groups in total. The molecule has 2 rings (SSSR count). The van der Waals surface area contributed by atoms with Crippen LogP contribution >= 0.6 is 11.8 Å². The van der Waals surface area contributed by atoms with Gasteiger partial charge in [-0.05, 0) is 19.1 Å². The van der Waals surface area contributed by atoms with E-state index in [2.05, 4.69) is 20.5 Å². The van der Waals surface area contributed by atoms with Gasteiger partial charge < -0.3 is 5.32 Å². The fraction of sp³-hybridized carbons (Fsp3) is 0.182. The third-order valence-corrected chi connectivity index (χ3v) is 3.33. The monoisotopic (exact) mass is 302 g/mol. The van der Waals surface area contributed by atoms with Gasteiger partial charge in [-0.3, -0.25) is 9.89 Å². The first-order chi connectivity index (χ1) is 9.49. The lowest BCUT2D eigenvalue weighted by Gasteiger charge is -2.11. The van der Waals surface area contributed by atoms with Gasteiger partial charge in [0.1, 0.15) is 6.33 Å². The summed E-state index contributed by atoms with van der Waals surface area (Å²) in [6.45, 7) is 1.56. The molecule has 0 aliphatic heterocycles. The van der Waals surface area contributed by atoms with Crippen LogP contribution in [0.5, 0.6) is 0 Å². The Morgan fingerprint density at radius 3 is 2.75 bits per heavy atom. The number of nitrogens with one attached hydrogen (secondary N) is 2. The highest BCUT2D eigenvalue weighted by Gasteiger charge is 2.20. The second-order valence-electron chi connectivity index (χ2n) is 3.76. The number of nitrogens with zero attached hydrogens (tertiary/aromatic N) is 2. The topological polar surface area (TPSA) is 70.7 Å². The minimum absolute atomic E-state index is 0.415. The lowest BCUT2D eigenvalue weighted by molar-refractivity contribution is -0.115. The Kier molecular flexibility index (Phi) is 4.28. The molecule has 0 saturated carbocycles. The van der Waals surface area contributed by atoms with Crippen molar-refractivity contribution in [3.8, 4) is 0 Å². The Balaban J connectivity index is 2.06. The molecule has 1 heterocycles. The van der Waals surface area contributed by atoms with E-state index in [-0.39, 0.29) is 0 Å².